The SMILES string of the molecule is C[C@H]1Cc2cc(F)c(S(N)(=O)=O)cc2N1C(O)[C@@H]1CN(c2ccc(-c3ccccn3)cc2)C1(C)C. The molecule has 3 atom stereocenters. The summed E-state index contributed by atoms with van der Waals surface area (Å²) in [6.45, 7) is 6.73. The molecule has 0 aliphatic carbocycles. The van der Waals surface area contributed by atoms with Crippen LogP contribution in [-0.2, 0) is 16.4 Å². The maximum atomic E-state index is 14.4. The molecule has 9 heteroatoms. The standard InChI is InChI=1S/C26H29FN4O3S/c1-16-12-18-13-21(27)24(35(28,33)34)14-23(18)31(16)25(32)20-15-30(26(20,2)3)19-9-7-17(8-10-19)22-6-4-5-11-29-22/h4-11,13-14,16,20,25,32H,12,15H2,1-3H3,(H2,28,33,34)/t16-,20-,25?/m0/s1. The fourth-order valence-electron chi connectivity index (χ4n) is 5.44. The van der Waals surface area contributed by atoms with Crippen LogP contribution in [0.5, 0.6) is 0 Å². The Labute approximate surface area is 205 Å². The summed E-state index contributed by atoms with van der Waals surface area (Å²) in [6.07, 6.45) is 1.41. The highest BCUT2D eigenvalue weighted by Crippen LogP contribution is 2.46. The topological polar surface area (TPSA) is 99.8 Å². The van der Waals surface area contributed by atoms with Crippen LogP contribution < -0.4 is 14.9 Å². The number of benzene rings is 2. The molecule has 184 valence electrons. The van der Waals surface area contributed by atoms with Gasteiger partial charge >= 0.3 is 0 Å². The van der Waals surface area contributed by atoms with Gasteiger partial charge in [0.15, 0.2) is 0 Å². The average Bonchev–Trinajstić information content (AvgIpc) is 3.12. The highest BCUT2D eigenvalue weighted by atomic mass is 32.2. The summed E-state index contributed by atoms with van der Waals surface area (Å²) in [5, 5.41) is 16.7. The molecule has 2 aliphatic heterocycles. The van der Waals surface area contributed by atoms with Crippen LogP contribution in [-0.4, -0.2) is 42.9 Å². The third-order valence-corrected chi connectivity index (χ3v) is 8.40. The molecule has 2 aromatic carbocycles. The third-order valence-electron chi connectivity index (χ3n) is 7.47. The molecule has 0 radical (unpaired) electrons. The van der Waals surface area contributed by atoms with Gasteiger partial charge in [0.2, 0.25) is 10.0 Å². The summed E-state index contributed by atoms with van der Waals surface area (Å²) >= 11 is 0. The predicted octanol–water partition coefficient (Wildman–Crippen LogP) is 3.52. The van der Waals surface area contributed by atoms with Crippen LogP contribution in [0.1, 0.15) is 26.3 Å². The number of primary sulfonamides is 1. The molecule has 3 heterocycles. The number of nitrogens with zero attached hydrogens (tertiary/aromatic N) is 3. The molecule has 7 nitrogen and oxygen atoms in total. The molecule has 1 unspecified atom stereocenters. The number of anilines is 2. The van der Waals surface area contributed by atoms with E-state index in [-0.39, 0.29) is 17.5 Å². The van der Waals surface area contributed by atoms with Gasteiger partial charge in [-0.15, -0.1) is 0 Å². The molecule has 0 amide bonds. The molecule has 1 saturated heterocycles. The van der Waals surface area contributed by atoms with Crippen molar-refractivity contribution in [3.05, 3.63) is 72.2 Å². The minimum absolute atomic E-state index is 0.113. The number of nitrogens with two attached hydrogens (primary N) is 1. The Morgan fingerprint density at radius 2 is 1.89 bits per heavy atom. The first-order chi connectivity index (χ1) is 16.5. The number of fused-ring (bicyclic) bond motifs is 1. The minimum Gasteiger partial charge on any atom is -0.373 e. The van der Waals surface area contributed by atoms with Gasteiger partial charge in [-0.2, -0.15) is 0 Å². The first kappa shape index (κ1) is 23.7. The van der Waals surface area contributed by atoms with Gasteiger partial charge in [0.05, 0.1) is 5.69 Å². The first-order valence-corrected chi connectivity index (χ1v) is 13.1. The van der Waals surface area contributed by atoms with E-state index in [1.807, 2.05) is 37.3 Å². The fraction of sp³-hybridized carbons (Fsp3) is 0.346. The molecule has 3 aromatic rings. The van der Waals surface area contributed by atoms with Crippen LogP contribution in [0.3, 0.4) is 0 Å². The second kappa shape index (κ2) is 8.29. The Morgan fingerprint density at radius 1 is 1.17 bits per heavy atom. The molecule has 35 heavy (non-hydrogen) atoms. The van der Waals surface area contributed by atoms with Crippen LogP contribution in [0.2, 0.25) is 0 Å². The molecule has 5 rings (SSSR count). The number of rotatable bonds is 5. The van der Waals surface area contributed by atoms with E-state index in [0.29, 0.717) is 24.2 Å². The second-order valence-electron chi connectivity index (χ2n) is 9.96. The van der Waals surface area contributed by atoms with Gasteiger partial charge in [-0.05, 0) is 69.2 Å². The lowest BCUT2D eigenvalue weighted by atomic mass is 9.74. The second-order valence-corrected chi connectivity index (χ2v) is 11.5. The monoisotopic (exact) mass is 496 g/mol. The number of hydrogen-bond acceptors (Lipinski definition) is 6. The first-order valence-electron chi connectivity index (χ1n) is 11.6. The Balaban J connectivity index is 1.38. The maximum Gasteiger partial charge on any atom is 0.241 e. The molecule has 0 bridgehead atoms. The molecule has 1 aromatic heterocycles. The largest absolute Gasteiger partial charge is 0.373 e. The van der Waals surface area contributed by atoms with E-state index in [9.17, 15) is 17.9 Å². The van der Waals surface area contributed by atoms with Gasteiger partial charge in [-0.3, -0.25) is 4.98 Å². The highest BCUT2D eigenvalue weighted by molar-refractivity contribution is 7.89. The summed E-state index contributed by atoms with van der Waals surface area (Å²) in [4.78, 5) is 7.89. The molecular weight excluding hydrogens is 467 g/mol. The lowest BCUT2D eigenvalue weighted by molar-refractivity contribution is 0.0223. The predicted molar refractivity (Wildman–Crippen MR) is 134 cm³/mol. The summed E-state index contributed by atoms with van der Waals surface area (Å²) < 4.78 is 38.1. The normalized spacial score (nSPS) is 22.0. The molecule has 2 aliphatic rings. The van der Waals surface area contributed by atoms with E-state index < -0.39 is 27.0 Å². The van der Waals surface area contributed by atoms with Gasteiger partial charge in [-0.25, -0.2) is 17.9 Å². The van der Waals surface area contributed by atoms with Crippen LogP contribution in [0.25, 0.3) is 11.3 Å². The van der Waals surface area contributed by atoms with E-state index in [2.05, 4.69) is 35.9 Å². The van der Waals surface area contributed by atoms with Gasteiger partial charge in [0, 0.05) is 47.2 Å². The van der Waals surface area contributed by atoms with Crippen LogP contribution in [0.15, 0.2) is 65.7 Å². The van der Waals surface area contributed by atoms with Crippen molar-refractivity contribution in [1.29, 1.82) is 0 Å². The van der Waals surface area contributed by atoms with Gasteiger partial charge < -0.3 is 14.9 Å². The van der Waals surface area contributed by atoms with Gasteiger partial charge in [-0.1, -0.05) is 18.2 Å². The molecule has 0 saturated carbocycles. The van der Waals surface area contributed by atoms with Gasteiger partial charge in [0.25, 0.3) is 0 Å². The summed E-state index contributed by atoms with van der Waals surface area (Å²) in [6, 6.07) is 16.4. The van der Waals surface area contributed by atoms with Crippen LogP contribution in [0, 0.1) is 11.7 Å². The van der Waals surface area contributed by atoms with Crippen LogP contribution in [0.4, 0.5) is 15.8 Å². The Hall–Kier alpha value is -3.01. The minimum atomic E-state index is -4.22. The van der Waals surface area contributed by atoms with E-state index in [4.69, 9.17) is 5.14 Å². The number of hydrogen-bond donors (Lipinski definition) is 2. The van der Waals surface area contributed by atoms with Gasteiger partial charge in [0.1, 0.15) is 16.9 Å². The van der Waals surface area contributed by atoms with Crippen molar-refractivity contribution in [2.75, 3.05) is 16.3 Å². The van der Waals surface area contributed by atoms with Crippen molar-refractivity contribution in [2.45, 2.75) is 49.9 Å². The van der Waals surface area contributed by atoms with Crippen molar-refractivity contribution < 1.29 is 17.9 Å². The van der Waals surface area contributed by atoms with Crippen molar-refractivity contribution in [3.63, 3.8) is 0 Å². The zero-order chi connectivity index (χ0) is 25.1. The zero-order valence-corrected chi connectivity index (χ0v) is 20.7. The number of sulfonamides is 1. The molecule has 3 N–H and O–H groups in total. The molecule has 0 spiro atoms. The number of aromatic nitrogens is 1. The van der Waals surface area contributed by atoms with E-state index >= 15 is 0 Å². The lowest BCUT2D eigenvalue weighted by Gasteiger charge is -2.59. The van der Waals surface area contributed by atoms with Crippen LogP contribution >= 0.6 is 0 Å². The van der Waals surface area contributed by atoms with Crippen molar-refractivity contribution in [3.8, 4) is 11.3 Å². The number of aliphatic hydroxyl groups excluding tert-OH is 1. The van der Waals surface area contributed by atoms with E-state index in [1.165, 1.54) is 12.1 Å². The number of halogens is 1. The fourth-order valence-corrected chi connectivity index (χ4v) is 6.05. The maximum absolute atomic E-state index is 14.4. The zero-order valence-electron chi connectivity index (χ0n) is 19.9. The van der Waals surface area contributed by atoms with Crippen molar-refractivity contribution >= 4 is 21.4 Å². The summed E-state index contributed by atoms with van der Waals surface area (Å²) in [7, 11) is -4.22. The van der Waals surface area contributed by atoms with E-state index in [1.54, 1.807) is 11.1 Å². The highest BCUT2D eigenvalue weighted by Gasteiger charge is 2.52. The number of aliphatic hydroxyl groups is 1. The quantitative estimate of drug-likeness (QED) is 0.561. The van der Waals surface area contributed by atoms with Crippen molar-refractivity contribution in [2.24, 2.45) is 11.1 Å². The molecular formula is C26H29FN4O3S. The number of pyridine rings is 1. The lowest BCUT2D eigenvalue weighted by Crippen LogP contribution is -2.70. The summed E-state index contributed by atoms with van der Waals surface area (Å²) in [5.41, 5.74) is 3.81. The Kier molecular flexibility index (Phi) is 5.62. The van der Waals surface area contributed by atoms with E-state index in [0.717, 1.165) is 16.9 Å². The Morgan fingerprint density at radius 3 is 2.49 bits per heavy atom. The van der Waals surface area contributed by atoms with Crippen molar-refractivity contribution in [1.82, 2.24) is 4.98 Å². The molecule has 1 fully saturated rings. The third kappa shape index (κ3) is 3.97. The summed E-state index contributed by atoms with van der Waals surface area (Å²) in [5.74, 6) is -0.978. The Bertz CT molecular complexity index is 1360. The average molecular weight is 497 g/mol. The smallest absolute Gasteiger partial charge is 0.241 e.